The van der Waals surface area contributed by atoms with Gasteiger partial charge >= 0.3 is 5.76 Å². The molecule has 1 aliphatic heterocycles. The van der Waals surface area contributed by atoms with Crippen molar-refractivity contribution < 1.29 is 18.3 Å². The average molecular weight is 505 g/mol. The maximum Gasteiger partial charge on any atom is 0.424 e. The number of rotatable bonds is 6. The molecule has 11 heteroatoms. The number of halogens is 1. The van der Waals surface area contributed by atoms with Crippen LogP contribution < -0.4 is 16.4 Å². The van der Waals surface area contributed by atoms with E-state index in [4.69, 9.17) is 9.15 Å². The highest BCUT2D eigenvalue weighted by molar-refractivity contribution is 5.82. The number of benzene rings is 2. The lowest BCUT2D eigenvalue weighted by Gasteiger charge is -2.18. The van der Waals surface area contributed by atoms with Gasteiger partial charge in [0.2, 0.25) is 0 Å². The molecule has 190 valence electrons. The molecule has 2 N–H and O–H groups in total. The Bertz CT molecular complexity index is 1540. The van der Waals surface area contributed by atoms with Gasteiger partial charge in [0.15, 0.2) is 5.58 Å². The summed E-state index contributed by atoms with van der Waals surface area (Å²) >= 11 is 0. The topological polar surface area (TPSA) is 127 Å². The van der Waals surface area contributed by atoms with E-state index >= 15 is 4.39 Å². The molecule has 37 heavy (non-hydrogen) atoms. The molecule has 2 aromatic carbocycles. The summed E-state index contributed by atoms with van der Waals surface area (Å²) in [5.74, 6) is -1.45. The predicted molar refractivity (Wildman–Crippen MR) is 132 cm³/mol. The van der Waals surface area contributed by atoms with Gasteiger partial charge in [-0.15, -0.1) is 0 Å². The number of ether oxygens (including phenoxy) is 1. The fourth-order valence-corrected chi connectivity index (χ4v) is 4.35. The molecule has 0 spiro atoms. The van der Waals surface area contributed by atoms with Gasteiger partial charge in [0.1, 0.15) is 18.0 Å². The summed E-state index contributed by atoms with van der Waals surface area (Å²) in [7, 11) is 1.75. The number of nitrogens with one attached hydrogen (secondary N) is 2. The Morgan fingerprint density at radius 3 is 2.89 bits per heavy atom. The summed E-state index contributed by atoms with van der Waals surface area (Å²) in [6, 6.07) is 11.0. The van der Waals surface area contributed by atoms with Gasteiger partial charge in [0.05, 0.1) is 23.5 Å². The Morgan fingerprint density at radius 1 is 1.32 bits per heavy atom. The number of hydrogen-bond acceptors (Lipinski definition) is 7. The van der Waals surface area contributed by atoms with Gasteiger partial charge in [-0.1, -0.05) is 18.2 Å². The highest BCUT2D eigenvalue weighted by Gasteiger charge is 2.24. The zero-order chi connectivity index (χ0) is 25.9. The molecule has 1 fully saturated rings. The molecule has 10 nitrogen and oxygen atoms in total. The molecule has 3 heterocycles. The largest absolute Gasteiger partial charge is 0.424 e. The van der Waals surface area contributed by atoms with E-state index < -0.39 is 29.6 Å². The van der Waals surface area contributed by atoms with Crippen LogP contribution in [0.25, 0.3) is 27.9 Å². The number of amides is 1. The van der Waals surface area contributed by atoms with Crippen molar-refractivity contribution in [1.29, 1.82) is 5.26 Å². The van der Waals surface area contributed by atoms with Crippen molar-refractivity contribution in [3.63, 3.8) is 0 Å². The molecular formula is C26H25FN6O4. The molecular weight excluding hydrogens is 479 g/mol. The van der Waals surface area contributed by atoms with Crippen molar-refractivity contribution in [3.05, 3.63) is 70.7 Å². The molecule has 4 aromatic rings. The number of aromatic nitrogens is 3. The number of nitriles is 1. The van der Waals surface area contributed by atoms with Gasteiger partial charge in [-0.05, 0) is 47.9 Å². The van der Waals surface area contributed by atoms with Crippen molar-refractivity contribution >= 4 is 17.0 Å². The van der Waals surface area contributed by atoms with Gasteiger partial charge in [-0.2, -0.15) is 10.4 Å². The van der Waals surface area contributed by atoms with Crippen LogP contribution in [0, 0.1) is 17.1 Å². The predicted octanol–water partition coefficient (Wildman–Crippen LogP) is 2.05. The molecule has 1 amide bonds. The first-order chi connectivity index (χ1) is 17.9. The van der Waals surface area contributed by atoms with Gasteiger partial charge in [0.25, 0.3) is 5.91 Å². The van der Waals surface area contributed by atoms with Gasteiger partial charge < -0.3 is 19.8 Å². The highest BCUT2D eigenvalue weighted by Crippen LogP contribution is 2.27. The maximum absolute atomic E-state index is 15.1. The maximum atomic E-state index is 15.1. The molecule has 2 atom stereocenters. The van der Waals surface area contributed by atoms with E-state index in [0.29, 0.717) is 46.6 Å². The Kier molecular flexibility index (Phi) is 6.85. The molecule has 0 bridgehead atoms. The monoisotopic (exact) mass is 504 g/mol. The van der Waals surface area contributed by atoms with E-state index in [-0.39, 0.29) is 6.42 Å². The highest BCUT2D eigenvalue weighted by atomic mass is 19.1. The smallest absolute Gasteiger partial charge is 0.407 e. The normalized spacial score (nSPS) is 16.7. The van der Waals surface area contributed by atoms with Crippen molar-refractivity contribution in [2.24, 2.45) is 7.05 Å². The molecule has 1 saturated heterocycles. The van der Waals surface area contributed by atoms with E-state index in [2.05, 4.69) is 15.7 Å². The number of oxazole rings is 1. The van der Waals surface area contributed by atoms with Crippen LogP contribution in [0.5, 0.6) is 0 Å². The van der Waals surface area contributed by atoms with E-state index in [9.17, 15) is 14.9 Å². The molecule has 5 rings (SSSR count). The van der Waals surface area contributed by atoms with E-state index in [1.807, 2.05) is 6.07 Å². The second-order valence-electron chi connectivity index (χ2n) is 8.88. The van der Waals surface area contributed by atoms with Crippen LogP contribution in [0.4, 0.5) is 4.39 Å². The second kappa shape index (κ2) is 10.4. The summed E-state index contributed by atoms with van der Waals surface area (Å²) in [6.07, 6.45) is 3.38. The SMILES string of the molecule is Cn1cc(-n2c(=O)oc3ccc(-c4ccc(C[C@@H](C#N)NC(=O)[C@@H]5CNCCCO5)c(F)c4)cc32)cn1. The van der Waals surface area contributed by atoms with Crippen molar-refractivity contribution in [2.45, 2.75) is 25.0 Å². The quantitative estimate of drug-likeness (QED) is 0.411. The Labute approximate surface area is 211 Å². The van der Waals surface area contributed by atoms with Crippen LogP contribution in [0.2, 0.25) is 0 Å². The summed E-state index contributed by atoms with van der Waals surface area (Å²) < 4.78 is 29.0. The van der Waals surface area contributed by atoms with Crippen molar-refractivity contribution in [1.82, 2.24) is 25.0 Å². The number of fused-ring (bicyclic) bond motifs is 1. The Morgan fingerprint density at radius 2 is 2.14 bits per heavy atom. The van der Waals surface area contributed by atoms with Gasteiger partial charge in [-0.25, -0.2) is 13.8 Å². The first kappa shape index (κ1) is 24.4. The molecule has 0 saturated carbocycles. The lowest BCUT2D eigenvalue weighted by molar-refractivity contribution is -0.132. The Balaban J connectivity index is 1.36. The summed E-state index contributed by atoms with van der Waals surface area (Å²) in [6.45, 7) is 1.59. The summed E-state index contributed by atoms with van der Waals surface area (Å²) in [4.78, 5) is 25.0. The number of hydrogen-bond donors (Lipinski definition) is 2. The first-order valence-electron chi connectivity index (χ1n) is 11.9. The van der Waals surface area contributed by atoms with Crippen LogP contribution in [0.1, 0.15) is 12.0 Å². The lowest BCUT2D eigenvalue weighted by atomic mass is 10.00. The van der Waals surface area contributed by atoms with Crippen LogP contribution in [0.15, 0.2) is 58.0 Å². The van der Waals surface area contributed by atoms with Gasteiger partial charge in [0, 0.05) is 32.8 Å². The molecule has 0 unspecified atom stereocenters. The minimum absolute atomic E-state index is 0.00974. The fraction of sp³-hybridized carbons (Fsp3) is 0.308. The molecule has 2 aromatic heterocycles. The fourth-order valence-electron chi connectivity index (χ4n) is 4.35. The lowest BCUT2D eigenvalue weighted by Crippen LogP contribution is -2.46. The minimum atomic E-state index is -0.907. The first-order valence-corrected chi connectivity index (χ1v) is 11.9. The third-order valence-electron chi connectivity index (χ3n) is 6.25. The summed E-state index contributed by atoms with van der Waals surface area (Å²) in [5, 5.41) is 19.4. The molecule has 1 aliphatic rings. The van der Waals surface area contributed by atoms with Crippen molar-refractivity contribution in [3.8, 4) is 22.9 Å². The van der Waals surface area contributed by atoms with Crippen molar-refractivity contribution in [2.75, 3.05) is 19.7 Å². The van der Waals surface area contributed by atoms with Crippen LogP contribution >= 0.6 is 0 Å². The van der Waals surface area contributed by atoms with E-state index in [0.717, 1.165) is 13.0 Å². The van der Waals surface area contributed by atoms with Crippen LogP contribution in [-0.4, -0.2) is 52.1 Å². The van der Waals surface area contributed by atoms with E-state index in [1.165, 1.54) is 10.6 Å². The second-order valence-corrected chi connectivity index (χ2v) is 8.88. The third-order valence-corrected chi connectivity index (χ3v) is 6.25. The minimum Gasteiger partial charge on any atom is -0.407 e. The summed E-state index contributed by atoms with van der Waals surface area (Å²) in [5.41, 5.74) is 3.05. The average Bonchev–Trinajstić information content (AvgIpc) is 3.32. The number of nitrogens with zero attached hydrogens (tertiary/aromatic N) is 4. The zero-order valence-corrected chi connectivity index (χ0v) is 20.1. The van der Waals surface area contributed by atoms with Crippen LogP contribution in [0.3, 0.4) is 0 Å². The molecule has 0 aliphatic carbocycles. The number of carbonyl (C=O) groups excluding carboxylic acids is 1. The third kappa shape index (κ3) is 5.16. The van der Waals surface area contributed by atoms with Crippen LogP contribution in [-0.2, 0) is 23.0 Å². The van der Waals surface area contributed by atoms with E-state index in [1.54, 1.807) is 54.5 Å². The molecule has 0 radical (unpaired) electrons. The van der Waals surface area contributed by atoms with Gasteiger partial charge in [-0.3, -0.25) is 9.48 Å². The zero-order valence-electron chi connectivity index (χ0n) is 20.1. The number of aryl methyl sites for hydroxylation is 1. The Hall–Kier alpha value is -4.27. The standard InChI is InChI=1S/C26H25FN6O4/c1-32-15-20(13-30-32)33-22-11-17(5-6-23(22)37-26(33)35)16-3-4-18(21(27)10-16)9-19(12-28)31-25(34)24-14-29-7-2-8-36-24/h3-6,10-11,13,15,19,24,29H,2,7-9,14H2,1H3,(H,31,34)/t19-,24-/m0/s1. The number of carbonyl (C=O) groups is 1.